The molecule has 0 aromatic heterocycles. The highest BCUT2D eigenvalue weighted by Crippen LogP contribution is 2.26. The number of nitrogens with one attached hydrogen (secondary N) is 1. The van der Waals surface area contributed by atoms with E-state index in [0.29, 0.717) is 32.1 Å². The van der Waals surface area contributed by atoms with E-state index in [-0.39, 0.29) is 18.2 Å². The van der Waals surface area contributed by atoms with E-state index in [1.54, 1.807) is 0 Å². The lowest BCUT2D eigenvalue weighted by Crippen LogP contribution is -2.50. The zero-order chi connectivity index (χ0) is 21.6. The van der Waals surface area contributed by atoms with Crippen molar-refractivity contribution in [3.63, 3.8) is 0 Å². The SMILES string of the molecule is CC[C@H](C)c1ccccc1NC(=O)CN1CCN(S(=O)(=O)Cc2ccccc2)CC1. The number of carbonyl (C=O) groups excluding carboxylic acids is 1. The van der Waals surface area contributed by atoms with E-state index in [1.165, 1.54) is 4.31 Å². The Morgan fingerprint density at radius 1 is 1.00 bits per heavy atom. The second-order valence-corrected chi connectivity index (χ2v) is 9.83. The van der Waals surface area contributed by atoms with Gasteiger partial charge >= 0.3 is 0 Å². The minimum atomic E-state index is -3.35. The Bertz CT molecular complexity index is 939. The average Bonchev–Trinajstić information content (AvgIpc) is 2.74. The lowest BCUT2D eigenvalue weighted by molar-refractivity contribution is -0.117. The summed E-state index contributed by atoms with van der Waals surface area (Å²) in [7, 11) is -3.35. The summed E-state index contributed by atoms with van der Waals surface area (Å²) in [6.07, 6.45) is 1.01. The summed E-state index contributed by atoms with van der Waals surface area (Å²) in [5, 5.41) is 3.03. The molecule has 1 atom stereocenters. The number of anilines is 1. The van der Waals surface area contributed by atoms with Crippen LogP contribution in [-0.2, 0) is 20.6 Å². The third-order valence-corrected chi connectivity index (χ3v) is 7.51. The fourth-order valence-corrected chi connectivity index (χ4v) is 5.21. The molecule has 30 heavy (non-hydrogen) atoms. The molecule has 162 valence electrons. The lowest BCUT2D eigenvalue weighted by atomic mass is 9.97. The van der Waals surface area contributed by atoms with Crippen LogP contribution in [0.25, 0.3) is 0 Å². The van der Waals surface area contributed by atoms with E-state index in [1.807, 2.05) is 53.4 Å². The van der Waals surface area contributed by atoms with Gasteiger partial charge in [0, 0.05) is 31.9 Å². The normalized spacial score (nSPS) is 16.9. The summed E-state index contributed by atoms with van der Waals surface area (Å²) >= 11 is 0. The standard InChI is InChI=1S/C23H31N3O3S/c1-3-19(2)21-11-7-8-12-22(21)24-23(27)17-25-13-15-26(16-14-25)30(28,29)18-20-9-5-4-6-10-20/h4-12,19H,3,13-18H2,1-2H3,(H,24,27)/t19-/m0/s1. The summed E-state index contributed by atoms with van der Waals surface area (Å²) in [6.45, 7) is 6.47. The maximum Gasteiger partial charge on any atom is 0.238 e. The number of hydrogen-bond donors (Lipinski definition) is 1. The molecule has 1 N–H and O–H groups in total. The summed E-state index contributed by atoms with van der Waals surface area (Å²) in [6, 6.07) is 17.1. The molecule has 3 rings (SSSR count). The third-order valence-electron chi connectivity index (χ3n) is 5.66. The first kappa shape index (κ1) is 22.5. The number of nitrogens with zero attached hydrogens (tertiary/aromatic N) is 2. The van der Waals surface area contributed by atoms with Gasteiger partial charge < -0.3 is 5.32 Å². The second kappa shape index (κ2) is 10.2. The van der Waals surface area contributed by atoms with Crippen LogP contribution in [0.15, 0.2) is 54.6 Å². The molecule has 6 nitrogen and oxygen atoms in total. The zero-order valence-electron chi connectivity index (χ0n) is 17.8. The molecule has 0 unspecified atom stereocenters. The van der Waals surface area contributed by atoms with E-state index in [9.17, 15) is 13.2 Å². The molecular weight excluding hydrogens is 398 g/mol. The molecule has 1 saturated heterocycles. The van der Waals surface area contributed by atoms with Gasteiger partial charge in [0.15, 0.2) is 0 Å². The minimum absolute atomic E-state index is 0.0146. The van der Waals surface area contributed by atoms with Crippen molar-refractivity contribution < 1.29 is 13.2 Å². The van der Waals surface area contributed by atoms with Crippen molar-refractivity contribution in [1.82, 2.24) is 9.21 Å². The van der Waals surface area contributed by atoms with Gasteiger partial charge in [0.2, 0.25) is 15.9 Å². The van der Waals surface area contributed by atoms with Crippen LogP contribution in [0.2, 0.25) is 0 Å². The fraction of sp³-hybridized carbons (Fsp3) is 0.435. The van der Waals surface area contributed by atoms with E-state index in [4.69, 9.17) is 0 Å². The number of piperazine rings is 1. The first-order valence-corrected chi connectivity index (χ1v) is 12.1. The number of rotatable bonds is 8. The molecule has 0 radical (unpaired) electrons. The molecule has 0 spiro atoms. The van der Waals surface area contributed by atoms with Crippen molar-refractivity contribution in [1.29, 1.82) is 0 Å². The highest BCUT2D eigenvalue weighted by atomic mass is 32.2. The maximum absolute atomic E-state index is 12.7. The largest absolute Gasteiger partial charge is 0.325 e. The van der Waals surface area contributed by atoms with Gasteiger partial charge in [-0.25, -0.2) is 8.42 Å². The first-order chi connectivity index (χ1) is 14.4. The van der Waals surface area contributed by atoms with E-state index >= 15 is 0 Å². The Kier molecular flexibility index (Phi) is 7.64. The van der Waals surface area contributed by atoms with Gasteiger partial charge in [0.25, 0.3) is 0 Å². The van der Waals surface area contributed by atoms with Gasteiger partial charge in [-0.15, -0.1) is 0 Å². The van der Waals surface area contributed by atoms with Gasteiger partial charge in [-0.2, -0.15) is 4.31 Å². The summed E-state index contributed by atoms with van der Waals surface area (Å²) in [5.41, 5.74) is 2.80. The number of benzene rings is 2. The quantitative estimate of drug-likeness (QED) is 0.699. The topological polar surface area (TPSA) is 69.7 Å². The molecule has 0 bridgehead atoms. The van der Waals surface area contributed by atoms with Crippen molar-refractivity contribution in [3.8, 4) is 0 Å². The maximum atomic E-state index is 12.7. The molecule has 1 heterocycles. The minimum Gasteiger partial charge on any atom is -0.325 e. The van der Waals surface area contributed by atoms with Gasteiger partial charge in [0.1, 0.15) is 0 Å². The summed E-state index contributed by atoms with van der Waals surface area (Å²) in [4.78, 5) is 14.6. The van der Waals surface area contributed by atoms with Crippen molar-refractivity contribution in [2.45, 2.75) is 31.9 Å². The van der Waals surface area contributed by atoms with Gasteiger partial charge in [0.05, 0.1) is 12.3 Å². The Hall–Kier alpha value is -2.22. The molecular formula is C23H31N3O3S. The van der Waals surface area contributed by atoms with Crippen molar-refractivity contribution >= 4 is 21.6 Å². The van der Waals surface area contributed by atoms with E-state index < -0.39 is 10.0 Å². The van der Waals surface area contributed by atoms with Gasteiger partial charge in [-0.05, 0) is 29.5 Å². The Labute approximate surface area is 179 Å². The molecule has 1 amide bonds. The predicted molar refractivity (Wildman–Crippen MR) is 121 cm³/mol. The van der Waals surface area contributed by atoms with Crippen LogP contribution in [0, 0.1) is 0 Å². The Balaban J connectivity index is 1.52. The van der Waals surface area contributed by atoms with Crippen LogP contribution < -0.4 is 5.32 Å². The average molecular weight is 430 g/mol. The number of para-hydroxylation sites is 1. The number of sulfonamides is 1. The predicted octanol–water partition coefficient (Wildman–Crippen LogP) is 3.29. The zero-order valence-corrected chi connectivity index (χ0v) is 18.6. The van der Waals surface area contributed by atoms with E-state index in [0.717, 1.165) is 23.2 Å². The first-order valence-electron chi connectivity index (χ1n) is 10.5. The van der Waals surface area contributed by atoms with Crippen LogP contribution in [0.1, 0.15) is 37.3 Å². The fourth-order valence-electron chi connectivity index (χ4n) is 3.70. The summed E-state index contributed by atoms with van der Waals surface area (Å²) < 4.78 is 26.9. The Morgan fingerprint density at radius 2 is 1.63 bits per heavy atom. The molecule has 0 saturated carbocycles. The molecule has 7 heteroatoms. The smallest absolute Gasteiger partial charge is 0.238 e. The molecule has 1 aliphatic rings. The highest BCUT2D eigenvalue weighted by Gasteiger charge is 2.27. The second-order valence-electron chi connectivity index (χ2n) is 7.86. The van der Waals surface area contributed by atoms with Crippen LogP contribution in [0.3, 0.4) is 0 Å². The van der Waals surface area contributed by atoms with Crippen LogP contribution in [0.4, 0.5) is 5.69 Å². The van der Waals surface area contributed by atoms with Crippen LogP contribution >= 0.6 is 0 Å². The molecule has 1 aliphatic heterocycles. The van der Waals surface area contributed by atoms with E-state index in [2.05, 4.69) is 25.2 Å². The van der Waals surface area contributed by atoms with Crippen LogP contribution in [0.5, 0.6) is 0 Å². The molecule has 1 fully saturated rings. The van der Waals surface area contributed by atoms with Crippen LogP contribution in [-0.4, -0.2) is 56.3 Å². The number of hydrogen-bond acceptors (Lipinski definition) is 4. The molecule has 0 aliphatic carbocycles. The lowest BCUT2D eigenvalue weighted by Gasteiger charge is -2.33. The summed E-state index contributed by atoms with van der Waals surface area (Å²) in [5.74, 6) is 0.326. The number of carbonyl (C=O) groups is 1. The van der Waals surface area contributed by atoms with Gasteiger partial charge in [-0.3, -0.25) is 9.69 Å². The van der Waals surface area contributed by atoms with Crippen molar-refractivity contribution in [2.24, 2.45) is 0 Å². The van der Waals surface area contributed by atoms with Gasteiger partial charge in [-0.1, -0.05) is 62.4 Å². The molecule has 2 aromatic rings. The van der Waals surface area contributed by atoms with Crippen molar-refractivity contribution in [3.05, 3.63) is 65.7 Å². The number of amides is 1. The monoisotopic (exact) mass is 429 g/mol. The highest BCUT2D eigenvalue weighted by molar-refractivity contribution is 7.88. The van der Waals surface area contributed by atoms with Crippen molar-refractivity contribution in [2.75, 3.05) is 38.0 Å². The molecule has 2 aromatic carbocycles. The third kappa shape index (κ3) is 5.90. The Morgan fingerprint density at radius 3 is 2.30 bits per heavy atom.